The topological polar surface area (TPSA) is 39.7 Å². The number of piperidine rings is 1. The van der Waals surface area contributed by atoms with Crippen molar-refractivity contribution in [2.45, 2.75) is 32.2 Å². The Labute approximate surface area is 96.6 Å². The van der Waals surface area contributed by atoms with E-state index in [-0.39, 0.29) is 5.41 Å². The molecule has 16 heavy (non-hydrogen) atoms. The zero-order valence-corrected chi connectivity index (χ0v) is 9.96. The Kier molecular flexibility index (Phi) is 2.70. The van der Waals surface area contributed by atoms with Crippen molar-refractivity contribution in [1.82, 2.24) is 5.32 Å². The van der Waals surface area contributed by atoms with Gasteiger partial charge >= 0.3 is 0 Å². The molecule has 0 aromatic heterocycles. The number of hydrogen-bond donors (Lipinski definition) is 1. The third-order valence-electron chi connectivity index (χ3n) is 3.92. The van der Waals surface area contributed by atoms with Crippen LogP contribution in [0.2, 0.25) is 0 Å². The lowest BCUT2D eigenvalue weighted by atomic mass is 9.88. The summed E-state index contributed by atoms with van der Waals surface area (Å²) in [6.07, 6.45) is 3.30. The molecular weight excluding hydrogens is 206 g/mol. The highest BCUT2D eigenvalue weighted by atomic mass is 16.9. The smallest absolute Gasteiger partial charge is 0.283 e. The quantitative estimate of drug-likeness (QED) is 0.767. The Hall–Kier alpha value is -0.160. The second-order valence-corrected chi connectivity index (χ2v) is 5.76. The Balaban J connectivity index is 1.61. The molecule has 0 aromatic rings. The highest BCUT2D eigenvalue weighted by Crippen LogP contribution is 2.42. The minimum atomic E-state index is -0.709. The lowest BCUT2D eigenvalue weighted by Crippen LogP contribution is -2.59. The molecule has 4 fully saturated rings. The molecule has 4 rings (SSSR count). The van der Waals surface area contributed by atoms with E-state index in [0.29, 0.717) is 5.92 Å². The molecule has 0 radical (unpaired) electrons. The number of nitrogens with one attached hydrogen (secondary N) is 1. The molecule has 4 heterocycles. The fourth-order valence-electron chi connectivity index (χ4n) is 2.72. The fourth-order valence-corrected chi connectivity index (χ4v) is 2.72. The molecule has 4 aliphatic rings. The summed E-state index contributed by atoms with van der Waals surface area (Å²) in [6, 6.07) is 0. The average Bonchev–Trinajstić information content (AvgIpc) is 2.33. The van der Waals surface area contributed by atoms with E-state index in [1.54, 1.807) is 0 Å². The molecular formula is C12H21NO3. The van der Waals surface area contributed by atoms with Crippen LogP contribution in [0.25, 0.3) is 0 Å². The molecule has 0 aromatic carbocycles. The molecule has 0 unspecified atom stereocenters. The van der Waals surface area contributed by atoms with Crippen LogP contribution in [0.15, 0.2) is 0 Å². The predicted octanol–water partition coefficient (Wildman–Crippen LogP) is 1.11. The first kappa shape index (κ1) is 11.0. The van der Waals surface area contributed by atoms with E-state index in [2.05, 4.69) is 12.2 Å². The minimum absolute atomic E-state index is 0.0792. The lowest BCUT2D eigenvalue weighted by molar-refractivity contribution is -0.470. The van der Waals surface area contributed by atoms with Crippen LogP contribution in [0.3, 0.4) is 0 Å². The Morgan fingerprint density at radius 2 is 1.62 bits per heavy atom. The van der Waals surface area contributed by atoms with Crippen LogP contribution >= 0.6 is 0 Å². The Bertz CT molecular complexity index is 238. The van der Waals surface area contributed by atoms with Crippen LogP contribution in [-0.4, -0.2) is 38.9 Å². The van der Waals surface area contributed by atoms with Gasteiger partial charge in [0.05, 0.1) is 19.8 Å². The lowest BCUT2D eigenvalue weighted by Gasteiger charge is -2.51. The second kappa shape index (κ2) is 3.95. The van der Waals surface area contributed by atoms with Crippen molar-refractivity contribution in [3.8, 4) is 0 Å². The molecule has 1 N–H and O–H groups in total. The summed E-state index contributed by atoms with van der Waals surface area (Å²) in [7, 11) is 0. The van der Waals surface area contributed by atoms with Gasteiger partial charge in [-0.1, -0.05) is 6.92 Å². The van der Waals surface area contributed by atoms with E-state index in [1.807, 2.05) is 0 Å². The first-order chi connectivity index (χ1) is 7.70. The van der Waals surface area contributed by atoms with Gasteiger partial charge in [-0.25, -0.2) is 0 Å². The first-order valence-electron chi connectivity index (χ1n) is 6.32. The summed E-state index contributed by atoms with van der Waals surface area (Å²) >= 11 is 0. The number of rotatable bonds is 2. The molecule has 0 spiro atoms. The van der Waals surface area contributed by atoms with Gasteiger partial charge in [-0.05, 0) is 31.8 Å². The normalized spacial score (nSPS) is 44.8. The van der Waals surface area contributed by atoms with Gasteiger partial charge in [-0.2, -0.15) is 0 Å². The highest BCUT2D eigenvalue weighted by molar-refractivity contribution is 4.86. The summed E-state index contributed by atoms with van der Waals surface area (Å²) in [4.78, 5) is 0. The summed E-state index contributed by atoms with van der Waals surface area (Å²) < 4.78 is 17.4. The minimum Gasteiger partial charge on any atom is -0.327 e. The predicted molar refractivity (Wildman–Crippen MR) is 58.9 cm³/mol. The van der Waals surface area contributed by atoms with Crippen molar-refractivity contribution >= 4 is 0 Å². The molecule has 0 saturated carbocycles. The number of fused-ring (bicyclic) bond motifs is 3. The third-order valence-corrected chi connectivity index (χ3v) is 3.92. The average molecular weight is 227 g/mol. The largest absolute Gasteiger partial charge is 0.327 e. The molecule has 4 nitrogen and oxygen atoms in total. The number of ether oxygens (including phenoxy) is 3. The van der Waals surface area contributed by atoms with Crippen LogP contribution in [0.5, 0.6) is 0 Å². The van der Waals surface area contributed by atoms with Crippen LogP contribution in [0.1, 0.15) is 26.2 Å². The molecule has 0 aliphatic carbocycles. The van der Waals surface area contributed by atoms with Crippen LogP contribution < -0.4 is 5.32 Å². The first-order valence-corrected chi connectivity index (χ1v) is 6.32. The van der Waals surface area contributed by atoms with Crippen LogP contribution in [0.4, 0.5) is 0 Å². The van der Waals surface area contributed by atoms with E-state index >= 15 is 0 Å². The van der Waals surface area contributed by atoms with Gasteiger partial charge in [0, 0.05) is 11.8 Å². The zero-order valence-electron chi connectivity index (χ0n) is 9.96. The Morgan fingerprint density at radius 3 is 2.19 bits per heavy atom. The summed E-state index contributed by atoms with van der Waals surface area (Å²) in [5, 5.41) is 3.38. The van der Waals surface area contributed by atoms with Crippen molar-refractivity contribution in [3.05, 3.63) is 0 Å². The van der Waals surface area contributed by atoms with Crippen molar-refractivity contribution in [1.29, 1.82) is 0 Å². The Morgan fingerprint density at radius 1 is 1.06 bits per heavy atom. The summed E-state index contributed by atoms with van der Waals surface area (Å²) in [5.41, 5.74) is 0.0792. The molecule has 4 saturated heterocycles. The van der Waals surface area contributed by atoms with Gasteiger partial charge in [0.1, 0.15) is 0 Å². The van der Waals surface area contributed by atoms with E-state index in [1.165, 1.54) is 12.8 Å². The summed E-state index contributed by atoms with van der Waals surface area (Å²) in [6.45, 7) is 6.70. The van der Waals surface area contributed by atoms with Gasteiger partial charge in [-0.15, -0.1) is 0 Å². The maximum Gasteiger partial charge on any atom is 0.283 e. The van der Waals surface area contributed by atoms with E-state index in [0.717, 1.165) is 39.3 Å². The van der Waals surface area contributed by atoms with Gasteiger partial charge in [-0.3, -0.25) is 0 Å². The van der Waals surface area contributed by atoms with Gasteiger partial charge in [0.2, 0.25) is 0 Å². The second-order valence-electron chi connectivity index (χ2n) is 5.76. The van der Waals surface area contributed by atoms with Crippen molar-refractivity contribution < 1.29 is 14.2 Å². The third kappa shape index (κ3) is 1.99. The van der Waals surface area contributed by atoms with Gasteiger partial charge in [0.15, 0.2) is 0 Å². The standard InChI is InChI=1S/C12H21NO3/c1-11-7-14-12(15-8-11,16-9-11)6-10-2-4-13-5-3-10/h10,13H,2-9H2,1H3. The van der Waals surface area contributed by atoms with Gasteiger partial charge < -0.3 is 19.5 Å². The number of hydrogen-bond acceptors (Lipinski definition) is 4. The zero-order chi connectivity index (χ0) is 11.1. The highest BCUT2D eigenvalue weighted by Gasteiger charge is 2.51. The van der Waals surface area contributed by atoms with Crippen molar-refractivity contribution in [2.24, 2.45) is 11.3 Å². The van der Waals surface area contributed by atoms with Gasteiger partial charge in [0.25, 0.3) is 5.97 Å². The summed E-state index contributed by atoms with van der Waals surface area (Å²) in [5.74, 6) is -0.0385. The van der Waals surface area contributed by atoms with E-state index in [4.69, 9.17) is 14.2 Å². The maximum absolute atomic E-state index is 5.81. The maximum atomic E-state index is 5.81. The van der Waals surface area contributed by atoms with Crippen LogP contribution in [-0.2, 0) is 14.2 Å². The van der Waals surface area contributed by atoms with E-state index < -0.39 is 5.97 Å². The van der Waals surface area contributed by atoms with Crippen molar-refractivity contribution in [2.75, 3.05) is 32.9 Å². The molecule has 0 amide bonds. The molecule has 4 aliphatic heterocycles. The fraction of sp³-hybridized carbons (Fsp3) is 1.00. The van der Waals surface area contributed by atoms with E-state index in [9.17, 15) is 0 Å². The van der Waals surface area contributed by atoms with Crippen LogP contribution in [0, 0.1) is 11.3 Å². The monoisotopic (exact) mass is 227 g/mol. The molecule has 4 heteroatoms. The molecule has 0 atom stereocenters. The SMILES string of the molecule is CC12COC(CC3CCNCC3)(OC1)OC2. The molecule has 2 bridgehead atoms. The van der Waals surface area contributed by atoms with Crippen molar-refractivity contribution in [3.63, 3.8) is 0 Å². The molecule has 92 valence electrons.